The Kier molecular flexibility index (Phi) is 4.24. The second-order valence-electron chi connectivity index (χ2n) is 5.56. The lowest BCUT2D eigenvalue weighted by molar-refractivity contribution is -0.113. The van der Waals surface area contributed by atoms with E-state index < -0.39 is 0 Å². The van der Waals surface area contributed by atoms with Crippen molar-refractivity contribution < 1.29 is 4.79 Å². The van der Waals surface area contributed by atoms with Crippen LogP contribution < -0.4 is 5.32 Å². The van der Waals surface area contributed by atoms with Crippen molar-refractivity contribution in [1.82, 2.24) is 10.3 Å². The van der Waals surface area contributed by atoms with Gasteiger partial charge in [-0.1, -0.05) is 26.0 Å². The van der Waals surface area contributed by atoms with Gasteiger partial charge >= 0.3 is 0 Å². The summed E-state index contributed by atoms with van der Waals surface area (Å²) in [6.07, 6.45) is 3.66. The molecule has 0 saturated heterocycles. The highest BCUT2D eigenvalue weighted by molar-refractivity contribution is 8.18. The molecule has 2 aromatic rings. The van der Waals surface area contributed by atoms with Crippen LogP contribution in [0.1, 0.15) is 19.4 Å². The van der Waals surface area contributed by atoms with Crippen LogP contribution in [0.15, 0.2) is 46.4 Å². The zero-order chi connectivity index (χ0) is 15.5. The van der Waals surface area contributed by atoms with Gasteiger partial charge in [-0.15, -0.1) is 0 Å². The van der Waals surface area contributed by atoms with E-state index in [0.717, 1.165) is 23.0 Å². The van der Waals surface area contributed by atoms with E-state index in [4.69, 9.17) is 0 Å². The number of rotatable bonds is 3. The summed E-state index contributed by atoms with van der Waals surface area (Å²) in [5.74, 6) is 0.335. The third-order valence-corrected chi connectivity index (χ3v) is 4.15. The van der Waals surface area contributed by atoms with Crippen LogP contribution in [0.25, 0.3) is 17.0 Å². The number of aromatic nitrogens is 1. The van der Waals surface area contributed by atoms with Crippen LogP contribution in [-0.4, -0.2) is 22.6 Å². The van der Waals surface area contributed by atoms with Crippen molar-refractivity contribution in [2.45, 2.75) is 13.8 Å². The van der Waals surface area contributed by atoms with Crippen LogP contribution in [0.4, 0.5) is 0 Å². The molecule has 1 aromatic carbocycles. The highest BCUT2D eigenvalue weighted by atomic mass is 32.2. The van der Waals surface area contributed by atoms with Crippen molar-refractivity contribution in [1.29, 1.82) is 0 Å². The van der Waals surface area contributed by atoms with Crippen molar-refractivity contribution in [2.75, 3.05) is 6.54 Å². The zero-order valence-electron chi connectivity index (χ0n) is 12.5. The van der Waals surface area contributed by atoms with Gasteiger partial charge in [-0.2, -0.15) is 4.99 Å². The Balaban J connectivity index is 1.78. The van der Waals surface area contributed by atoms with Crippen LogP contribution in [0.3, 0.4) is 0 Å². The number of fused-ring (bicyclic) bond motifs is 1. The Hall–Kier alpha value is -2.14. The van der Waals surface area contributed by atoms with Crippen molar-refractivity contribution in [2.24, 2.45) is 10.9 Å². The molecule has 0 spiro atoms. The zero-order valence-corrected chi connectivity index (χ0v) is 13.4. The molecule has 112 valence electrons. The maximum Gasteiger partial charge on any atom is 0.286 e. The molecular weight excluding hydrogens is 294 g/mol. The van der Waals surface area contributed by atoms with E-state index in [9.17, 15) is 4.79 Å². The Morgan fingerprint density at radius 2 is 2.18 bits per heavy atom. The molecular formula is C17H17N3OS. The van der Waals surface area contributed by atoms with Crippen molar-refractivity contribution in [3.63, 3.8) is 0 Å². The topological polar surface area (TPSA) is 54.4 Å². The van der Waals surface area contributed by atoms with E-state index in [1.807, 2.05) is 36.4 Å². The number of carbonyl (C=O) groups is 1. The highest BCUT2D eigenvalue weighted by Gasteiger charge is 2.21. The number of nitrogens with one attached hydrogen (secondary N) is 1. The summed E-state index contributed by atoms with van der Waals surface area (Å²) >= 11 is 1.40. The molecule has 1 aliphatic rings. The van der Waals surface area contributed by atoms with Crippen molar-refractivity contribution >= 4 is 39.8 Å². The van der Waals surface area contributed by atoms with E-state index >= 15 is 0 Å². The number of aliphatic imine (C=N–C) groups is 1. The first-order valence-corrected chi connectivity index (χ1v) is 8.05. The molecule has 1 N–H and O–H groups in total. The molecule has 5 heteroatoms. The minimum Gasteiger partial charge on any atom is -0.364 e. The highest BCUT2D eigenvalue weighted by Crippen LogP contribution is 2.28. The molecule has 0 aliphatic carbocycles. The van der Waals surface area contributed by atoms with Crippen molar-refractivity contribution in [3.8, 4) is 0 Å². The fraction of sp³-hybridized carbons (Fsp3) is 0.235. The van der Waals surface area contributed by atoms with Crippen LogP contribution in [-0.2, 0) is 4.79 Å². The molecule has 1 aromatic heterocycles. The lowest BCUT2D eigenvalue weighted by Gasteiger charge is -2.06. The van der Waals surface area contributed by atoms with Gasteiger partial charge in [0.1, 0.15) is 0 Å². The van der Waals surface area contributed by atoms with Gasteiger partial charge in [-0.25, -0.2) is 0 Å². The smallest absolute Gasteiger partial charge is 0.286 e. The van der Waals surface area contributed by atoms with Crippen LogP contribution >= 0.6 is 11.8 Å². The number of pyridine rings is 1. The fourth-order valence-electron chi connectivity index (χ4n) is 2.11. The standard InChI is InChI=1S/C17H17N3OS/c1-11(2)10-19-17-20-16(21)15(22-17)9-12-5-6-14-13(8-12)4-3-7-18-14/h3-9,11H,10H2,1-2H3,(H,19,20,21)/b15-9-. The number of amidine groups is 1. The maximum atomic E-state index is 12.0. The lowest BCUT2D eigenvalue weighted by atomic mass is 10.1. The number of amides is 1. The van der Waals surface area contributed by atoms with Crippen LogP contribution in [0.5, 0.6) is 0 Å². The molecule has 2 heterocycles. The largest absolute Gasteiger partial charge is 0.364 e. The number of hydrogen-bond acceptors (Lipinski definition) is 4. The first-order chi connectivity index (χ1) is 10.6. The van der Waals surface area contributed by atoms with Gasteiger partial charge in [0.25, 0.3) is 5.91 Å². The monoisotopic (exact) mass is 311 g/mol. The third-order valence-electron chi connectivity index (χ3n) is 3.21. The van der Waals surface area contributed by atoms with Gasteiger partial charge in [0.05, 0.1) is 10.4 Å². The molecule has 1 aliphatic heterocycles. The molecule has 0 saturated carbocycles. The second-order valence-corrected chi connectivity index (χ2v) is 6.59. The maximum absolute atomic E-state index is 12.0. The lowest BCUT2D eigenvalue weighted by Crippen LogP contribution is -2.23. The van der Waals surface area contributed by atoms with E-state index in [0.29, 0.717) is 16.0 Å². The average Bonchev–Trinajstić information content (AvgIpc) is 2.85. The number of nitrogens with zero attached hydrogens (tertiary/aromatic N) is 2. The second kappa shape index (κ2) is 6.32. The number of hydrogen-bond donors (Lipinski definition) is 1. The first-order valence-electron chi connectivity index (χ1n) is 7.23. The molecule has 22 heavy (non-hydrogen) atoms. The van der Waals surface area contributed by atoms with Gasteiger partial charge < -0.3 is 5.32 Å². The van der Waals surface area contributed by atoms with E-state index in [2.05, 4.69) is 29.1 Å². The third kappa shape index (κ3) is 3.36. The molecule has 0 unspecified atom stereocenters. The minimum absolute atomic E-state index is 0.178. The summed E-state index contributed by atoms with van der Waals surface area (Å²) in [5.41, 5.74) is 1.93. The Bertz CT molecular complexity index is 780. The summed E-state index contributed by atoms with van der Waals surface area (Å²) in [7, 11) is 0. The Labute approximate surface area is 133 Å². The summed E-state index contributed by atoms with van der Waals surface area (Å²) in [6, 6.07) is 9.88. The predicted molar refractivity (Wildman–Crippen MR) is 92.6 cm³/mol. The molecule has 0 atom stereocenters. The Morgan fingerprint density at radius 3 is 3.00 bits per heavy atom. The van der Waals surface area contributed by atoms with Gasteiger partial charge in [-0.05, 0) is 47.5 Å². The Morgan fingerprint density at radius 1 is 1.32 bits per heavy atom. The summed E-state index contributed by atoms with van der Waals surface area (Å²) < 4.78 is 0. The molecule has 0 bridgehead atoms. The molecule has 3 rings (SSSR count). The molecule has 0 fully saturated rings. The average molecular weight is 311 g/mol. The predicted octanol–water partition coefficient (Wildman–Crippen LogP) is 3.45. The quantitative estimate of drug-likeness (QED) is 0.882. The van der Waals surface area contributed by atoms with Gasteiger partial charge in [0.2, 0.25) is 0 Å². The van der Waals surface area contributed by atoms with Crippen LogP contribution in [0, 0.1) is 5.92 Å². The number of carbonyl (C=O) groups excluding carboxylic acids is 1. The van der Waals surface area contributed by atoms with E-state index in [1.165, 1.54) is 11.8 Å². The number of thioether (sulfide) groups is 1. The van der Waals surface area contributed by atoms with E-state index in [1.54, 1.807) is 6.20 Å². The van der Waals surface area contributed by atoms with E-state index in [-0.39, 0.29) is 5.91 Å². The van der Waals surface area contributed by atoms with Gasteiger partial charge in [0, 0.05) is 18.1 Å². The number of benzene rings is 1. The van der Waals surface area contributed by atoms with Gasteiger partial charge in [0.15, 0.2) is 5.17 Å². The first kappa shape index (κ1) is 14.8. The molecule has 0 radical (unpaired) electrons. The summed E-state index contributed by atoms with van der Waals surface area (Å²) in [6.45, 7) is 5.05. The SMILES string of the molecule is CC(C)CNC1=NC(=O)/C(=C/c2ccc3ncccc3c2)S1. The fourth-order valence-corrected chi connectivity index (χ4v) is 2.93. The normalized spacial score (nSPS) is 16.6. The molecule has 1 amide bonds. The molecule has 4 nitrogen and oxygen atoms in total. The van der Waals surface area contributed by atoms with Gasteiger partial charge in [-0.3, -0.25) is 9.78 Å². The minimum atomic E-state index is -0.178. The van der Waals surface area contributed by atoms with Crippen molar-refractivity contribution in [3.05, 3.63) is 47.0 Å². The summed E-state index contributed by atoms with van der Waals surface area (Å²) in [4.78, 5) is 21.0. The van der Waals surface area contributed by atoms with Crippen LogP contribution in [0.2, 0.25) is 0 Å². The summed E-state index contributed by atoms with van der Waals surface area (Å²) in [5, 5.41) is 4.95.